The van der Waals surface area contributed by atoms with E-state index in [1.807, 2.05) is 6.07 Å². The third-order valence-corrected chi connectivity index (χ3v) is 3.03. The Morgan fingerprint density at radius 3 is 2.54 bits per heavy atom. The first kappa shape index (κ1) is 11.1. The zero-order chi connectivity index (χ0) is 10.0. The smallest absolute Gasteiger partial charge is 0.106 e. The number of aromatic nitrogens is 1. The van der Waals surface area contributed by atoms with Gasteiger partial charge >= 0.3 is 0 Å². The van der Waals surface area contributed by atoms with Crippen LogP contribution in [0.15, 0.2) is 21.3 Å². The Balaban J connectivity index is 3.05. The quantitative estimate of drug-likeness (QED) is 0.852. The van der Waals surface area contributed by atoms with E-state index in [4.69, 9.17) is 5.73 Å². The van der Waals surface area contributed by atoms with Gasteiger partial charge in [0.25, 0.3) is 0 Å². The molecule has 0 spiro atoms. The predicted octanol–water partition coefficient (Wildman–Crippen LogP) is 3.26. The van der Waals surface area contributed by atoms with Gasteiger partial charge in [-0.3, -0.25) is 0 Å². The van der Waals surface area contributed by atoms with Crippen LogP contribution in [0.2, 0.25) is 0 Å². The van der Waals surface area contributed by atoms with Crippen LogP contribution in [-0.2, 0) is 0 Å². The molecule has 0 saturated heterocycles. The third-order valence-electron chi connectivity index (χ3n) is 1.93. The lowest BCUT2D eigenvalue weighted by molar-refractivity contribution is 0.512. The SMILES string of the molecule is CC(C)[C@@H](N)c1cc(Br)ncc1Br. The molecule has 2 N–H and O–H groups in total. The summed E-state index contributed by atoms with van der Waals surface area (Å²) in [4.78, 5) is 4.10. The predicted molar refractivity (Wildman–Crippen MR) is 61.4 cm³/mol. The van der Waals surface area contributed by atoms with Crippen molar-refractivity contribution >= 4 is 31.9 Å². The summed E-state index contributed by atoms with van der Waals surface area (Å²) >= 11 is 6.76. The second kappa shape index (κ2) is 4.53. The molecule has 13 heavy (non-hydrogen) atoms. The molecule has 0 aliphatic carbocycles. The second-order valence-electron chi connectivity index (χ2n) is 3.30. The summed E-state index contributed by atoms with van der Waals surface area (Å²) in [5, 5.41) is 0. The first-order chi connectivity index (χ1) is 6.02. The number of nitrogens with zero attached hydrogens (tertiary/aromatic N) is 1. The standard InChI is InChI=1S/C9H12Br2N2/c1-5(2)9(12)6-3-8(11)13-4-7(6)10/h3-5,9H,12H2,1-2H3/t9-/m1/s1. The lowest BCUT2D eigenvalue weighted by atomic mass is 9.98. The van der Waals surface area contributed by atoms with Gasteiger partial charge in [0.2, 0.25) is 0 Å². The molecule has 0 unspecified atom stereocenters. The summed E-state index contributed by atoms with van der Waals surface area (Å²) in [7, 11) is 0. The summed E-state index contributed by atoms with van der Waals surface area (Å²) in [6.45, 7) is 4.21. The number of nitrogens with two attached hydrogens (primary N) is 1. The summed E-state index contributed by atoms with van der Waals surface area (Å²) in [5.41, 5.74) is 7.12. The van der Waals surface area contributed by atoms with Gasteiger partial charge in [0.15, 0.2) is 0 Å². The van der Waals surface area contributed by atoms with Gasteiger partial charge in [0.05, 0.1) is 0 Å². The molecule has 1 aromatic rings. The van der Waals surface area contributed by atoms with Crippen molar-refractivity contribution in [1.29, 1.82) is 0 Å². The molecule has 0 radical (unpaired) electrons. The lowest BCUT2D eigenvalue weighted by Crippen LogP contribution is -2.17. The van der Waals surface area contributed by atoms with Gasteiger partial charge in [-0.25, -0.2) is 4.98 Å². The van der Waals surface area contributed by atoms with E-state index in [2.05, 4.69) is 50.7 Å². The van der Waals surface area contributed by atoms with Crippen LogP contribution in [-0.4, -0.2) is 4.98 Å². The Labute approximate surface area is 95.2 Å². The van der Waals surface area contributed by atoms with E-state index >= 15 is 0 Å². The van der Waals surface area contributed by atoms with Gasteiger partial charge < -0.3 is 5.73 Å². The molecule has 0 aliphatic heterocycles. The van der Waals surface area contributed by atoms with E-state index in [9.17, 15) is 0 Å². The van der Waals surface area contributed by atoms with Crippen LogP contribution in [0.25, 0.3) is 0 Å². The van der Waals surface area contributed by atoms with E-state index in [1.165, 1.54) is 0 Å². The Morgan fingerprint density at radius 1 is 1.38 bits per heavy atom. The van der Waals surface area contributed by atoms with Gasteiger partial charge in [0, 0.05) is 16.7 Å². The van der Waals surface area contributed by atoms with Gasteiger partial charge in [-0.1, -0.05) is 13.8 Å². The highest BCUT2D eigenvalue weighted by molar-refractivity contribution is 9.11. The average Bonchev–Trinajstić information content (AvgIpc) is 2.08. The highest BCUT2D eigenvalue weighted by atomic mass is 79.9. The fourth-order valence-corrected chi connectivity index (χ4v) is 1.87. The largest absolute Gasteiger partial charge is 0.324 e. The minimum absolute atomic E-state index is 0.0497. The molecule has 1 atom stereocenters. The maximum absolute atomic E-state index is 6.03. The van der Waals surface area contributed by atoms with Crippen molar-refractivity contribution in [2.24, 2.45) is 11.7 Å². The molecule has 0 amide bonds. The number of rotatable bonds is 2. The Bertz CT molecular complexity index is 300. The van der Waals surface area contributed by atoms with Crippen molar-refractivity contribution < 1.29 is 0 Å². The van der Waals surface area contributed by atoms with Crippen LogP contribution in [0.4, 0.5) is 0 Å². The zero-order valence-corrected chi connectivity index (χ0v) is 10.8. The first-order valence-corrected chi connectivity index (χ1v) is 5.67. The maximum Gasteiger partial charge on any atom is 0.106 e. The molecule has 2 nitrogen and oxygen atoms in total. The molecule has 1 heterocycles. The van der Waals surface area contributed by atoms with Crippen LogP contribution in [0, 0.1) is 5.92 Å². The molecule has 0 aliphatic rings. The van der Waals surface area contributed by atoms with Crippen molar-refractivity contribution in [3.63, 3.8) is 0 Å². The summed E-state index contributed by atoms with van der Waals surface area (Å²) in [6.07, 6.45) is 1.77. The van der Waals surface area contributed by atoms with Gasteiger partial charge in [-0.05, 0) is 49.4 Å². The average molecular weight is 308 g/mol. The molecule has 0 bridgehead atoms. The molecule has 0 fully saturated rings. The molecular formula is C9H12Br2N2. The molecular weight excluding hydrogens is 296 g/mol. The fourth-order valence-electron chi connectivity index (χ4n) is 1.04. The van der Waals surface area contributed by atoms with Crippen LogP contribution in [0.3, 0.4) is 0 Å². The molecule has 0 saturated carbocycles. The normalized spacial score (nSPS) is 13.4. The van der Waals surface area contributed by atoms with E-state index in [0.717, 1.165) is 14.6 Å². The zero-order valence-electron chi connectivity index (χ0n) is 7.59. The van der Waals surface area contributed by atoms with Crippen molar-refractivity contribution in [2.45, 2.75) is 19.9 Å². The van der Waals surface area contributed by atoms with Crippen molar-refractivity contribution in [2.75, 3.05) is 0 Å². The summed E-state index contributed by atoms with van der Waals surface area (Å²) in [6, 6.07) is 2.00. The highest BCUT2D eigenvalue weighted by Gasteiger charge is 2.14. The number of hydrogen-bond acceptors (Lipinski definition) is 2. The molecule has 4 heteroatoms. The Hall–Kier alpha value is 0.0700. The van der Waals surface area contributed by atoms with Crippen molar-refractivity contribution in [3.05, 3.63) is 26.9 Å². The van der Waals surface area contributed by atoms with Crippen LogP contribution in [0.1, 0.15) is 25.5 Å². The van der Waals surface area contributed by atoms with Crippen LogP contribution >= 0.6 is 31.9 Å². The van der Waals surface area contributed by atoms with E-state index in [0.29, 0.717) is 5.92 Å². The van der Waals surface area contributed by atoms with Crippen molar-refractivity contribution in [1.82, 2.24) is 4.98 Å². The highest BCUT2D eigenvalue weighted by Crippen LogP contribution is 2.27. The van der Waals surface area contributed by atoms with E-state index in [-0.39, 0.29) is 6.04 Å². The van der Waals surface area contributed by atoms with E-state index in [1.54, 1.807) is 6.20 Å². The first-order valence-electron chi connectivity index (χ1n) is 4.09. The Morgan fingerprint density at radius 2 is 2.00 bits per heavy atom. The molecule has 72 valence electrons. The Kier molecular flexibility index (Phi) is 3.88. The van der Waals surface area contributed by atoms with Gasteiger partial charge in [-0.15, -0.1) is 0 Å². The second-order valence-corrected chi connectivity index (χ2v) is 4.97. The lowest BCUT2D eigenvalue weighted by Gasteiger charge is -2.17. The van der Waals surface area contributed by atoms with Gasteiger partial charge in [0.1, 0.15) is 4.60 Å². The van der Waals surface area contributed by atoms with E-state index < -0.39 is 0 Å². The minimum Gasteiger partial charge on any atom is -0.324 e. The molecule has 0 aromatic carbocycles. The minimum atomic E-state index is 0.0497. The summed E-state index contributed by atoms with van der Waals surface area (Å²) < 4.78 is 1.79. The summed E-state index contributed by atoms with van der Waals surface area (Å²) in [5.74, 6) is 0.422. The van der Waals surface area contributed by atoms with Crippen molar-refractivity contribution in [3.8, 4) is 0 Å². The topological polar surface area (TPSA) is 38.9 Å². The fraction of sp³-hybridized carbons (Fsp3) is 0.444. The third kappa shape index (κ3) is 2.76. The van der Waals surface area contributed by atoms with Crippen LogP contribution in [0.5, 0.6) is 0 Å². The number of halogens is 2. The maximum atomic E-state index is 6.03. The monoisotopic (exact) mass is 306 g/mol. The van der Waals surface area contributed by atoms with Crippen LogP contribution < -0.4 is 5.73 Å². The van der Waals surface area contributed by atoms with Gasteiger partial charge in [-0.2, -0.15) is 0 Å². The number of pyridine rings is 1. The number of hydrogen-bond donors (Lipinski definition) is 1. The molecule has 1 aromatic heterocycles. The molecule has 1 rings (SSSR count).